The molecule has 1 saturated carbocycles. The van der Waals surface area contributed by atoms with Gasteiger partial charge < -0.3 is 10.3 Å². The maximum absolute atomic E-state index is 6.09. The Balaban J connectivity index is 1.94. The lowest BCUT2D eigenvalue weighted by Crippen LogP contribution is -2.44. The molecule has 2 aromatic rings. The van der Waals surface area contributed by atoms with Crippen LogP contribution in [0, 0.1) is 0 Å². The summed E-state index contributed by atoms with van der Waals surface area (Å²) in [6.45, 7) is 0. The third-order valence-corrected chi connectivity index (χ3v) is 2.90. The van der Waals surface area contributed by atoms with Crippen molar-refractivity contribution in [3.05, 3.63) is 24.4 Å². The van der Waals surface area contributed by atoms with E-state index in [1.807, 2.05) is 0 Å². The molecule has 1 aliphatic carbocycles. The average Bonchev–Trinajstić information content (AvgIpc) is 2.77. The highest BCUT2D eigenvalue weighted by Gasteiger charge is 2.39. The highest BCUT2D eigenvalue weighted by Crippen LogP contribution is 2.37. The molecule has 6 heteroatoms. The van der Waals surface area contributed by atoms with Crippen LogP contribution in [0.15, 0.2) is 23.1 Å². The molecule has 0 amide bonds. The Morgan fingerprint density at radius 2 is 2.19 bits per heavy atom. The standard InChI is InChI=1S/C10H11N5O/c11-10(2-1-3-10)9-14-8(16-15-9)7-6-12-4-5-13-7/h4-6H,1-3,11H2. The Bertz CT molecular complexity index is 491. The van der Waals surface area contributed by atoms with Crippen LogP contribution >= 0.6 is 0 Å². The van der Waals surface area contributed by atoms with Gasteiger partial charge in [0.2, 0.25) is 0 Å². The normalized spacial score (nSPS) is 18.1. The lowest BCUT2D eigenvalue weighted by Gasteiger charge is -2.34. The van der Waals surface area contributed by atoms with Gasteiger partial charge in [0.1, 0.15) is 5.69 Å². The van der Waals surface area contributed by atoms with Gasteiger partial charge in [-0.3, -0.25) is 4.98 Å². The lowest BCUT2D eigenvalue weighted by molar-refractivity contribution is 0.229. The first-order valence-electron chi connectivity index (χ1n) is 5.17. The summed E-state index contributed by atoms with van der Waals surface area (Å²) in [5.74, 6) is 0.944. The van der Waals surface area contributed by atoms with Gasteiger partial charge in [-0.25, -0.2) is 4.98 Å². The smallest absolute Gasteiger partial charge is 0.278 e. The minimum atomic E-state index is -0.399. The molecule has 2 aromatic heterocycles. The number of hydrogen-bond donors (Lipinski definition) is 1. The molecule has 0 bridgehead atoms. The van der Waals surface area contributed by atoms with Crippen LogP contribution in [0.5, 0.6) is 0 Å². The van der Waals surface area contributed by atoms with Crippen molar-refractivity contribution in [1.82, 2.24) is 20.1 Å². The van der Waals surface area contributed by atoms with Crippen LogP contribution in [0.1, 0.15) is 25.1 Å². The van der Waals surface area contributed by atoms with Crippen LogP contribution in [0.2, 0.25) is 0 Å². The maximum Gasteiger partial charge on any atom is 0.278 e. The molecule has 2 N–H and O–H groups in total. The van der Waals surface area contributed by atoms with Crippen molar-refractivity contribution in [2.45, 2.75) is 24.8 Å². The number of aromatic nitrogens is 4. The van der Waals surface area contributed by atoms with Crippen molar-refractivity contribution in [2.24, 2.45) is 5.73 Å². The van der Waals surface area contributed by atoms with Crippen LogP contribution < -0.4 is 5.73 Å². The van der Waals surface area contributed by atoms with Crippen LogP contribution in [0.3, 0.4) is 0 Å². The van der Waals surface area contributed by atoms with E-state index in [9.17, 15) is 0 Å². The lowest BCUT2D eigenvalue weighted by atomic mass is 9.77. The molecule has 0 radical (unpaired) electrons. The van der Waals surface area contributed by atoms with Gasteiger partial charge in [0, 0.05) is 12.4 Å². The molecular formula is C10H11N5O. The molecule has 1 fully saturated rings. The Labute approximate surface area is 91.9 Å². The third kappa shape index (κ3) is 1.38. The number of nitrogens with two attached hydrogens (primary N) is 1. The minimum absolute atomic E-state index is 0.375. The van der Waals surface area contributed by atoms with Crippen molar-refractivity contribution in [3.63, 3.8) is 0 Å². The summed E-state index contributed by atoms with van der Waals surface area (Å²) < 4.78 is 5.13. The third-order valence-electron chi connectivity index (χ3n) is 2.90. The monoisotopic (exact) mass is 217 g/mol. The van der Waals surface area contributed by atoms with Gasteiger partial charge in [-0.05, 0) is 19.3 Å². The molecule has 0 saturated heterocycles. The van der Waals surface area contributed by atoms with Crippen molar-refractivity contribution in [3.8, 4) is 11.6 Å². The molecule has 0 aromatic carbocycles. The fourth-order valence-corrected chi connectivity index (χ4v) is 1.72. The van der Waals surface area contributed by atoms with Gasteiger partial charge in [0.05, 0.1) is 11.7 Å². The molecular weight excluding hydrogens is 206 g/mol. The second-order valence-corrected chi connectivity index (χ2v) is 4.02. The van der Waals surface area contributed by atoms with E-state index in [4.69, 9.17) is 10.3 Å². The molecule has 16 heavy (non-hydrogen) atoms. The predicted octanol–water partition coefficient (Wildman–Crippen LogP) is 0.865. The zero-order chi connectivity index (χ0) is 11.0. The molecule has 0 spiro atoms. The van der Waals surface area contributed by atoms with Gasteiger partial charge in [-0.15, -0.1) is 0 Å². The van der Waals surface area contributed by atoms with Crippen molar-refractivity contribution >= 4 is 0 Å². The second kappa shape index (κ2) is 3.34. The number of hydrogen-bond acceptors (Lipinski definition) is 6. The summed E-state index contributed by atoms with van der Waals surface area (Å²) in [4.78, 5) is 12.3. The van der Waals surface area contributed by atoms with E-state index >= 15 is 0 Å². The molecule has 3 rings (SSSR count). The molecule has 0 atom stereocenters. The second-order valence-electron chi connectivity index (χ2n) is 4.02. The Morgan fingerprint density at radius 1 is 1.31 bits per heavy atom. The quantitative estimate of drug-likeness (QED) is 0.802. The summed E-state index contributed by atoms with van der Waals surface area (Å²) in [6.07, 6.45) is 7.70. The highest BCUT2D eigenvalue weighted by atomic mass is 16.5. The first kappa shape index (κ1) is 9.41. The minimum Gasteiger partial charge on any atom is -0.332 e. The molecule has 0 unspecified atom stereocenters. The topological polar surface area (TPSA) is 90.7 Å². The zero-order valence-electron chi connectivity index (χ0n) is 8.63. The van der Waals surface area contributed by atoms with Crippen LogP contribution in [-0.2, 0) is 5.54 Å². The number of nitrogens with zero attached hydrogens (tertiary/aromatic N) is 4. The van der Waals surface area contributed by atoms with E-state index in [1.54, 1.807) is 18.6 Å². The van der Waals surface area contributed by atoms with E-state index < -0.39 is 5.54 Å². The molecule has 0 aliphatic heterocycles. The van der Waals surface area contributed by atoms with Gasteiger partial charge >= 0.3 is 0 Å². The van der Waals surface area contributed by atoms with Crippen LogP contribution in [-0.4, -0.2) is 20.1 Å². The van der Waals surface area contributed by atoms with Crippen molar-refractivity contribution in [1.29, 1.82) is 0 Å². The zero-order valence-corrected chi connectivity index (χ0v) is 8.63. The predicted molar refractivity (Wildman–Crippen MR) is 55.0 cm³/mol. The fraction of sp³-hybridized carbons (Fsp3) is 0.400. The number of rotatable bonds is 2. The summed E-state index contributed by atoms with van der Waals surface area (Å²) in [5, 5.41) is 3.91. The van der Waals surface area contributed by atoms with Crippen LogP contribution in [0.25, 0.3) is 11.6 Å². The Hall–Kier alpha value is -1.82. The van der Waals surface area contributed by atoms with E-state index in [2.05, 4.69) is 20.1 Å². The molecule has 6 nitrogen and oxygen atoms in total. The largest absolute Gasteiger partial charge is 0.332 e. The van der Waals surface area contributed by atoms with Crippen molar-refractivity contribution in [2.75, 3.05) is 0 Å². The van der Waals surface area contributed by atoms with Gasteiger partial charge in [-0.1, -0.05) is 5.16 Å². The molecule has 82 valence electrons. The summed E-state index contributed by atoms with van der Waals surface area (Å²) in [7, 11) is 0. The van der Waals surface area contributed by atoms with Crippen molar-refractivity contribution < 1.29 is 4.52 Å². The summed E-state index contributed by atoms with van der Waals surface area (Å²) >= 11 is 0. The maximum atomic E-state index is 6.09. The summed E-state index contributed by atoms with van der Waals surface area (Å²) in [6, 6.07) is 0. The van der Waals surface area contributed by atoms with Gasteiger partial charge in [0.15, 0.2) is 5.82 Å². The summed E-state index contributed by atoms with van der Waals surface area (Å²) in [5.41, 5.74) is 6.27. The highest BCUT2D eigenvalue weighted by molar-refractivity contribution is 5.43. The van der Waals surface area contributed by atoms with Gasteiger partial charge in [-0.2, -0.15) is 4.98 Å². The fourth-order valence-electron chi connectivity index (χ4n) is 1.72. The van der Waals surface area contributed by atoms with E-state index in [1.165, 1.54) is 0 Å². The first-order chi connectivity index (χ1) is 7.78. The molecule has 1 aliphatic rings. The van der Waals surface area contributed by atoms with Crippen LogP contribution in [0.4, 0.5) is 0 Å². The Kier molecular flexibility index (Phi) is 1.97. The Morgan fingerprint density at radius 3 is 2.81 bits per heavy atom. The average molecular weight is 217 g/mol. The van der Waals surface area contributed by atoms with E-state index in [0.717, 1.165) is 19.3 Å². The first-order valence-corrected chi connectivity index (χ1v) is 5.17. The molecule has 2 heterocycles. The van der Waals surface area contributed by atoms with E-state index in [0.29, 0.717) is 17.4 Å². The SMILES string of the molecule is NC1(c2noc(-c3cnccn3)n2)CCC1. The van der Waals surface area contributed by atoms with E-state index in [-0.39, 0.29) is 0 Å². The van der Waals surface area contributed by atoms with Gasteiger partial charge in [0.25, 0.3) is 5.89 Å².